The number of benzene rings is 1. The molecule has 1 aromatic rings. The van der Waals surface area contributed by atoms with Crippen LogP contribution in [0.3, 0.4) is 0 Å². The van der Waals surface area contributed by atoms with Crippen molar-refractivity contribution >= 4 is 0 Å². The second-order valence-corrected chi connectivity index (χ2v) is 4.82. The lowest BCUT2D eigenvalue weighted by molar-refractivity contribution is 0.0972. The maximum Gasteiger partial charge on any atom is 0.191 e. The van der Waals surface area contributed by atoms with E-state index in [0.717, 1.165) is 25.0 Å². The molecule has 102 valence electrons. The third-order valence-corrected chi connectivity index (χ3v) is 3.46. The Balaban J connectivity index is 2.06. The van der Waals surface area contributed by atoms with Gasteiger partial charge in [-0.05, 0) is 43.7 Å². The number of nitriles is 1. The predicted octanol–water partition coefficient (Wildman–Crippen LogP) is 2.77. The smallest absolute Gasteiger partial charge is 0.191 e. The maximum atomic E-state index is 13.6. The fourth-order valence-electron chi connectivity index (χ4n) is 2.34. The molecule has 0 heterocycles. The van der Waals surface area contributed by atoms with Crippen molar-refractivity contribution in [2.24, 2.45) is 5.92 Å². The van der Waals surface area contributed by atoms with Gasteiger partial charge in [-0.3, -0.25) is 0 Å². The molecule has 19 heavy (non-hydrogen) atoms. The van der Waals surface area contributed by atoms with Crippen LogP contribution in [0.25, 0.3) is 0 Å². The third kappa shape index (κ3) is 3.21. The van der Waals surface area contributed by atoms with Gasteiger partial charge < -0.3 is 9.84 Å². The molecule has 0 unspecified atom stereocenters. The van der Waals surface area contributed by atoms with Gasteiger partial charge in [-0.1, -0.05) is 0 Å². The lowest BCUT2D eigenvalue weighted by Gasteiger charge is -2.28. The van der Waals surface area contributed by atoms with E-state index in [1.165, 1.54) is 0 Å². The summed E-state index contributed by atoms with van der Waals surface area (Å²) in [5.41, 5.74) is -0.0636. The average Bonchev–Trinajstić information content (AvgIpc) is 2.43. The van der Waals surface area contributed by atoms with Gasteiger partial charge in [-0.15, -0.1) is 0 Å². The van der Waals surface area contributed by atoms with E-state index in [4.69, 9.17) is 15.1 Å². The predicted molar refractivity (Wildman–Crippen MR) is 64.5 cm³/mol. The molecule has 0 spiro atoms. The first-order valence-corrected chi connectivity index (χ1v) is 6.30. The average molecular weight is 267 g/mol. The fourth-order valence-corrected chi connectivity index (χ4v) is 2.34. The molecular weight excluding hydrogens is 252 g/mol. The van der Waals surface area contributed by atoms with Crippen LogP contribution in [0.2, 0.25) is 0 Å². The molecule has 0 atom stereocenters. The Morgan fingerprint density at radius 2 is 1.79 bits per heavy atom. The van der Waals surface area contributed by atoms with Crippen molar-refractivity contribution in [2.75, 3.05) is 6.61 Å². The summed E-state index contributed by atoms with van der Waals surface area (Å²) in [5.74, 6) is -1.84. The highest BCUT2D eigenvalue weighted by atomic mass is 19.1. The number of rotatable bonds is 3. The summed E-state index contributed by atoms with van der Waals surface area (Å²) in [6.45, 7) is 0.145. The molecular formula is C14H15F2NO2. The van der Waals surface area contributed by atoms with Gasteiger partial charge in [0.25, 0.3) is 0 Å². The Bertz CT molecular complexity index is 468. The van der Waals surface area contributed by atoms with Crippen LogP contribution in [-0.4, -0.2) is 17.8 Å². The van der Waals surface area contributed by atoms with Crippen LogP contribution in [0, 0.1) is 28.9 Å². The summed E-state index contributed by atoms with van der Waals surface area (Å²) in [7, 11) is 0. The fraction of sp³-hybridized carbons (Fsp3) is 0.500. The van der Waals surface area contributed by atoms with Crippen LogP contribution in [0.5, 0.6) is 5.75 Å². The molecule has 1 aliphatic rings. The molecule has 0 radical (unpaired) electrons. The highest BCUT2D eigenvalue weighted by Gasteiger charge is 2.24. The topological polar surface area (TPSA) is 53.2 Å². The first kappa shape index (κ1) is 13.8. The van der Waals surface area contributed by atoms with Gasteiger partial charge in [-0.25, -0.2) is 8.78 Å². The molecule has 0 bridgehead atoms. The van der Waals surface area contributed by atoms with Crippen LogP contribution >= 0.6 is 0 Å². The zero-order chi connectivity index (χ0) is 13.8. The van der Waals surface area contributed by atoms with Crippen LogP contribution in [0.1, 0.15) is 31.2 Å². The summed E-state index contributed by atoms with van der Waals surface area (Å²) >= 11 is 0. The van der Waals surface area contributed by atoms with E-state index in [9.17, 15) is 8.78 Å². The minimum Gasteiger partial charge on any atom is -0.484 e. The molecule has 1 aliphatic carbocycles. The summed E-state index contributed by atoms with van der Waals surface area (Å²) in [4.78, 5) is 0. The Labute approximate surface area is 110 Å². The van der Waals surface area contributed by atoms with Crippen molar-refractivity contribution < 1.29 is 18.6 Å². The van der Waals surface area contributed by atoms with E-state index >= 15 is 0 Å². The van der Waals surface area contributed by atoms with Gasteiger partial charge in [0, 0.05) is 6.61 Å². The minimum absolute atomic E-state index is 0.0636. The van der Waals surface area contributed by atoms with Crippen LogP contribution < -0.4 is 4.74 Å². The normalized spacial score (nSPS) is 22.8. The van der Waals surface area contributed by atoms with Crippen molar-refractivity contribution in [3.63, 3.8) is 0 Å². The number of halogens is 2. The van der Waals surface area contributed by atoms with E-state index in [2.05, 4.69) is 0 Å². The van der Waals surface area contributed by atoms with Gasteiger partial charge >= 0.3 is 0 Å². The Morgan fingerprint density at radius 3 is 2.26 bits per heavy atom. The highest BCUT2D eigenvalue weighted by Crippen LogP contribution is 2.30. The number of nitrogens with zero attached hydrogens (tertiary/aromatic N) is 1. The molecule has 0 saturated heterocycles. The Kier molecular flexibility index (Phi) is 4.33. The Hall–Kier alpha value is -1.67. The third-order valence-electron chi connectivity index (χ3n) is 3.46. The molecule has 3 nitrogen and oxygen atoms in total. The van der Waals surface area contributed by atoms with Crippen LogP contribution in [0.15, 0.2) is 12.1 Å². The first-order valence-electron chi connectivity index (χ1n) is 6.30. The number of aliphatic hydroxyl groups excluding tert-OH is 1. The van der Waals surface area contributed by atoms with Crippen LogP contribution in [-0.2, 0) is 0 Å². The van der Waals surface area contributed by atoms with Crippen molar-refractivity contribution in [3.05, 3.63) is 29.3 Å². The molecule has 0 aromatic heterocycles. The van der Waals surface area contributed by atoms with E-state index in [1.54, 1.807) is 6.07 Å². The summed E-state index contributed by atoms with van der Waals surface area (Å²) in [6, 6.07) is 3.63. The monoisotopic (exact) mass is 267 g/mol. The largest absolute Gasteiger partial charge is 0.484 e. The molecule has 1 saturated carbocycles. The number of ether oxygens (including phenoxy) is 1. The molecule has 1 aromatic carbocycles. The second kappa shape index (κ2) is 5.98. The van der Waals surface area contributed by atoms with Crippen LogP contribution in [0.4, 0.5) is 8.78 Å². The van der Waals surface area contributed by atoms with Gasteiger partial charge in [-0.2, -0.15) is 5.26 Å². The van der Waals surface area contributed by atoms with Gasteiger partial charge in [0.1, 0.15) is 0 Å². The summed E-state index contributed by atoms with van der Waals surface area (Å²) < 4.78 is 32.6. The van der Waals surface area contributed by atoms with Gasteiger partial charge in [0.05, 0.1) is 17.7 Å². The first-order chi connectivity index (χ1) is 9.13. The van der Waals surface area contributed by atoms with Crippen molar-refractivity contribution in [1.82, 2.24) is 0 Å². The van der Waals surface area contributed by atoms with E-state index in [0.29, 0.717) is 12.8 Å². The SMILES string of the molecule is N#Cc1cc(F)c(OC2CCC(CO)CC2)c(F)c1. The Morgan fingerprint density at radius 1 is 1.21 bits per heavy atom. The molecule has 5 heteroatoms. The lowest BCUT2D eigenvalue weighted by atomic mass is 9.88. The number of hydrogen-bond acceptors (Lipinski definition) is 3. The quantitative estimate of drug-likeness (QED) is 0.916. The molecule has 1 N–H and O–H groups in total. The minimum atomic E-state index is -0.846. The molecule has 0 amide bonds. The molecule has 2 rings (SSSR count). The number of hydrogen-bond donors (Lipinski definition) is 1. The van der Waals surface area contributed by atoms with Crippen molar-refractivity contribution in [1.29, 1.82) is 5.26 Å². The van der Waals surface area contributed by atoms with Gasteiger partial charge in [0.15, 0.2) is 17.4 Å². The lowest BCUT2D eigenvalue weighted by Crippen LogP contribution is -2.26. The van der Waals surface area contributed by atoms with E-state index in [1.807, 2.05) is 0 Å². The zero-order valence-electron chi connectivity index (χ0n) is 10.4. The van der Waals surface area contributed by atoms with E-state index < -0.39 is 17.4 Å². The van der Waals surface area contributed by atoms with E-state index in [-0.39, 0.29) is 24.2 Å². The maximum absolute atomic E-state index is 13.6. The van der Waals surface area contributed by atoms with Crippen molar-refractivity contribution in [3.8, 4) is 11.8 Å². The van der Waals surface area contributed by atoms with Crippen molar-refractivity contribution in [2.45, 2.75) is 31.8 Å². The zero-order valence-corrected chi connectivity index (χ0v) is 10.4. The second-order valence-electron chi connectivity index (χ2n) is 4.82. The highest BCUT2D eigenvalue weighted by molar-refractivity contribution is 5.37. The standard InChI is InChI=1S/C14H15F2NO2/c15-12-5-10(7-17)6-13(16)14(12)19-11-3-1-9(8-18)2-4-11/h5-6,9,11,18H,1-4,8H2. The summed E-state index contributed by atoms with van der Waals surface area (Å²) in [5, 5.41) is 17.6. The summed E-state index contributed by atoms with van der Waals surface area (Å²) in [6.07, 6.45) is 2.69. The molecule has 0 aliphatic heterocycles. The van der Waals surface area contributed by atoms with Gasteiger partial charge in [0.2, 0.25) is 0 Å². The number of aliphatic hydroxyl groups is 1. The molecule has 1 fully saturated rings.